The van der Waals surface area contributed by atoms with Crippen molar-refractivity contribution >= 4 is 11.8 Å². The summed E-state index contributed by atoms with van der Waals surface area (Å²) < 4.78 is 0. The molecule has 4 aliphatic carbocycles. The van der Waals surface area contributed by atoms with E-state index in [2.05, 4.69) is 35.2 Å². The lowest BCUT2D eigenvalue weighted by molar-refractivity contribution is -0.163. The van der Waals surface area contributed by atoms with Gasteiger partial charge in [0, 0.05) is 33.1 Å². The van der Waals surface area contributed by atoms with Gasteiger partial charge in [0.25, 0.3) is 0 Å². The van der Waals surface area contributed by atoms with Crippen LogP contribution >= 0.6 is 0 Å². The molecule has 6 rings (SSSR count). The van der Waals surface area contributed by atoms with Gasteiger partial charge in [0.05, 0.1) is 5.41 Å². The van der Waals surface area contributed by atoms with Crippen LogP contribution in [-0.2, 0) is 15.0 Å². The Kier molecular flexibility index (Phi) is 3.89. The number of piperazine rings is 1. The van der Waals surface area contributed by atoms with Gasteiger partial charge in [0.2, 0.25) is 11.8 Å². The molecular weight excluding hydrogens is 336 g/mol. The third-order valence-electron chi connectivity index (χ3n) is 7.91. The molecule has 1 saturated heterocycles. The van der Waals surface area contributed by atoms with Crippen molar-refractivity contribution in [1.82, 2.24) is 9.80 Å². The Morgan fingerprint density at radius 2 is 1.48 bits per heavy atom. The molecule has 27 heavy (non-hydrogen) atoms. The minimum absolute atomic E-state index is 0.125. The Hall–Kier alpha value is -1.84. The third-order valence-corrected chi connectivity index (χ3v) is 7.91. The molecule has 0 spiro atoms. The summed E-state index contributed by atoms with van der Waals surface area (Å²) in [6, 6.07) is 11.0. The Bertz CT molecular complexity index is 737. The van der Waals surface area contributed by atoms with Crippen LogP contribution in [0.3, 0.4) is 0 Å². The van der Waals surface area contributed by atoms with Gasteiger partial charge in [-0.3, -0.25) is 9.59 Å². The van der Waals surface area contributed by atoms with Gasteiger partial charge in [-0.25, -0.2) is 0 Å². The average molecular weight is 367 g/mol. The van der Waals surface area contributed by atoms with Crippen molar-refractivity contribution in [2.45, 2.75) is 50.9 Å². The average Bonchev–Trinajstić information content (AvgIpc) is 2.67. The summed E-state index contributed by atoms with van der Waals surface area (Å²) in [5, 5.41) is 0. The summed E-state index contributed by atoms with van der Waals surface area (Å²) in [5.74, 6) is 1.92. The van der Waals surface area contributed by atoms with Crippen molar-refractivity contribution in [2.24, 2.45) is 17.3 Å². The Morgan fingerprint density at radius 3 is 2.07 bits per heavy atom. The maximum atomic E-state index is 13.7. The van der Waals surface area contributed by atoms with E-state index in [0.717, 1.165) is 19.3 Å². The fourth-order valence-electron chi connectivity index (χ4n) is 7.20. The zero-order valence-electron chi connectivity index (χ0n) is 16.3. The number of rotatable bonds is 2. The Labute approximate surface area is 161 Å². The maximum Gasteiger partial charge on any atom is 0.228 e. The summed E-state index contributed by atoms with van der Waals surface area (Å²) in [6.07, 6.45) is 7.06. The molecule has 2 atom stereocenters. The highest BCUT2D eigenvalue weighted by Crippen LogP contribution is 2.66. The van der Waals surface area contributed by atoms with Crippen LogP contribution < -0.4 is 0 Å². The molecule has 4 heteroatoms. The monoisotopic (exact) mass is 366 g/mol. The van der Waals surface area contributed by atoms with E-state index in [1.54, 1.807) is 6.92 Å². The van der Waals surface area contributed by atoms with Crippen molar-refractivity contribution in [3.63, 3.8) is 0 Å². The van der Waals surface area contributed by atoms with E-state index in [4.69, 9.17) is 0 Å². The van der Waals surface area contributed by atoms with Crippen molar-refractivity contribution < 1.29 is 9.59 Å². The topological polar surface area (TPSA) is 40.6 Å². The minimum Gasteiger partial charge on any atom is -0.339 e. The fraction of sp³-hybridized carbons (Fsp3) is 0.652. The van der Waals surface area contributed by atoms with Gasteiger partial charge in [0.15, 0.2) is 0 Å². The van der Waals surface area contributed by atoms with Gasteiger partial charge in [-0.05, 0) is 61.3 Å². The third kappa shape index (κ3) is 2.71. The van der Waals surface area contributed by atoms with E-state index in [9.17, 15) is 9.59 Å². The highest BCUT2D eigenvalue weighted by molar-refractivity contribution is 5.84. The largest absolute Gasteiger partial charge is 0.339 e. The SMILES string of the molecule is CC(=O)N1CCN(C(=O)C23CC4CC(C2)CC(c2ccccc2)(C4)C3)CC1. The Morgan fingerprint density at radius 1 is 0.889 bits per heavy atom. The van der Waals surface area contributed by atoms with Crippen LogP contribution in [0.5, 0.6) is 0 Å². The first kappa shape index (κ1) is 17.3. The molecule has 5 aliphatic rings. The van der Waals surface area contributed by atoms with Crippen LogP contribution in [0, 0.1) is 17.3 Å². The van der Waals surface area contributed by atoms with E-state index < -0.39 is 0 Å². The first-order valence-electron chi connectivity index (χ1n) is 10.6. The van der Waals surface area contributed by atoms with E-state index in [1.807, 2.05) is 4.90 Å². The number of carbonyl (C=O) groups is 2. The smallest absolute Gasteiger partial charge is 0.228 e. The van der Waals surface area contributed by atoms with Crippen LogP contribution in [0.1, 0.15) is 51.0 Å². The normalized spacial score (nSPS) is 37.5. The van der Waals surface area contributed by atoms with Crippen molar-refractivity contribution in [2.75, 3.05) is 26.2 Å². The van der Waals surface area contributed by atoms with Crippen molar-refractivity contribution in [3.8, 4) is 0 Å². The predicted octanol–water partition coefficient (Wildman–Crippen LogP) is 3.22. The van der Waals surface area contributed by atoms with Gasteiger partial charge in [-0.2, -0.15) is 0 Å². The zero-order valence-corrected chi connectivity index (χ0v) is 16.3. The lowest BCUT2D eigenvalue weighted by atomic mass is 9.42. The summed E-state index contributed by atoms with van der Waals surface area (Å²) in [7, 11) is 0. The van der Waals surface area contributed by atoms with Crippen molar-refractivity contribution in [1.29, 1.82) is 0 Å². The molecule has 1 aliphatic heterocycles. The highest BCUT2D eigenvalue weighted by Gasteiger charge is 2.61. The van der Waals surface area contributed by atoms with Crippen molar-refractivity contribution in [3.05, 3.63) is 35.9 Å². The first-order chi connectivity index (χ1) is 13.0. The molecule has 0 aromatic heterocycles. The second-order valence-corrected chi connectivity index (χ2v) is 9.69. The van der Waals surface area contributed by atoms with Gasteiger partial charge < -0.3 is 9.80 Å². The second kappa shape index (κ2) is 6.08. The molecule has 5 fully saturated rings. The summed E-state index contributed by atoms with van der Waals surface area (Å²) in [4.78, 5) is 29.3. The molecule has 2 amide bonds. The van der Waals surface area contributed by atoms with Crippen LogP contribution in [0.4, 0.5) is 0 Å². The van der Waals surface area contributed by atoms with E-state index in [0.29, 0.717) is 43.9 Å². The molecule has 1 aromatic rings. The minimum atomic E-state index is -0.154. The molecule has 1 aromatic carbocycles. The molecular formula is C23H30N2O2. The van der Waals surface area contributed by atoms with Crippen LogP contribution in [-0.4, -0.2) is 47.8 Å². The maximum absolute atomic E-state index is 13.7. The number of nitrogens with zero attached hydrogens (tertiary/aromatic N) is 2. The molecule has 4 saturated carbocycles. The van der Waals surface area contributed by atoms with Gasteiger partial charge in [0.1, 0.15) is 0 Å². The van der Waals surface area contributed by atoms with Crippen LogP contribution in [0.15, 0.2) is 30.3 Å². The molecule has 4 nitrogen and oxygen atoms in total. The molecule has 4 bridgehead atoms. The summed E-state index contributed by atoms with van der Waals surface area (Å²) in [6.45, 7) is 4.41. The van der Waals surface area contributed by atoms with E-state index in [1.165, 1.54) is 24.8 Å². The van der Waals surface area contributed by atoms with Gasteiger partial charge >= 0.3 is 0 Å². The zero-order chi connectivity index (χ0) is 18.6. The number of amides is 2. The molecule has 1 heterocycles. The molecule has 144 valence electrons. The van der Waals surface area contributed by atoms with Crippen LogP contribution in [0.25, 0.3) is 0 Å². The molecule has 0 radical (unpaired) electrons. The van der Waals surface area contributed by atoms with E-state index in [-0.39, 0.29) is 16.7 Å². The fourth-order valence-corrected chi connectivity index (χ4v) is 7.20. The number of hydrogen-bond donors (Lipinski definition) is 0. The van der Waals surface area contributed by atoms with Gasteiger partial charge in [-0.1, -0.05) is 30.3 Å². The van der Waals surface area contributed by atoms with E-state index >= 15 is 0 Å². The quantitative estimate of drug-likeness (QED) is 0.806. The summed E-state index contributed by atoms with van der Waals surface area (Å²) >= 11 is 0. The van der Waals surface area contributed by atoms with Crippen LogP contribution in [0.2, 0.25) is 0 Å². The molecule has 2 unspecified atom stereocenters. The standard InChI is InChI=1S/C23H30N2O2/c1-17(26)24-7-9-25(10-8-24)21(27)23-14-18-11-19(15-23)13-22(12-18,16-23)20-5-3-2-4-6-20/h2-6,18-19H,7-16H2,1H3. The lowest BCUT2D eigenvalue weighted by Gasteiger charge is -2.62. The molecule has 0 N–H and O–H groups in total. The summed E-state index contributed by atoms with van der Waals surface area (Å²) in [5.41, 5.74) is 1.51. The van der Waals surface area contributed by atoms with Gasteiger partial charge in [-0.15, -0.1) is 0 Å². The number of carbonyl (C=O) groups excluding carboxylic acids is 2. The highest BCUT2D eigenvalue weighted by atomic mass is 16.2. The first-order valence-corrected chi connectivity index (χ1v) is 10.6. The number of benzene rings is 1. The second-order valence-electron chi connectivity index (χ2n) is 9.69. The predicted molar refractivity (Wildman–Crippen MR) is 104 cm³/mol. The Balaban J connectivity index is 1.41. The number of hydrogen-bond acceptors (Lipinski definition) is 2. The lowest BCUT2D eigenvalue weighted by Crippen LogP contribution is -2.61.